The highest BCUT2D eigenvalue weighted by Gasteiger charge is 2.53. The molecular weight excluding hydrogens is 1180 g/mol. The smallest absolute Gasteiger partial charge is 0.0725 e. The Kier molecular flexibility index (Phi) is 11.9. The molecule has 0 aliphatic heterocycles. The van der Waals surface area contributed by atoms with E-state index >= 15 is 0 Å². The molecule has 21 rings (SSSR count). The number of rotatable bonds is 10. The van der Waals surface area contributed by atoms with Crippen LogP contribution in [0.1, 0.15) is 66.8 Å². The quantitative estimate of drug-likeness (QED) is 0.135. The van der Waals surface area contributed by atoms with E-state index in [1.807, 2.05) is 0 Å². The van der Waals surface area contributed by atoms with Crippen LogP contribution in [-0.2, 0) is 36.5 Å². The Morgan fingerprint density at radius 1 is 0.163 bits per heavy atom. The molecule has 15 aromatic rings. The number of anilines is 6. The Labute approximate surface area is 572 Å². The van der Waals surface area contributed by atoms with Gasteiger partial charge >= 0.3 is 0 Å². The Bertz CT molecular complexity index is 5330. The van der Waals surface area contributed by atoms with E-state index in [1.54, 1.807) is 0 Å². The van der Waals surface area contributed by atoms with Gasteiger partial charge in [-0.3, -0.25) is 0 Å². The van der Waals surface area contributed by atoms with E-state index in [-0.39, 0.29) is 0 Å². The summed E-state index contributed by atoms with van der Waals surface area (Å²) in [5.74, 6) is 0. The topological polar surface area (TPSA) is 6.48 Å². The molecular formula is C96H64N2. The second kappa shape index (κ2) is 21.2. The van der Waals surface area contributed by atoms with Gasteiger partial charge in [-0.25, -0.2) is 0 Å². The SMILES string of the molecule is c1cc(N(c2ccc(-c3ccc4c(c3)CC4)cc2)c2ccc(-c3ccc4c(c3)C3(c5ccccc5-c5ccccc53)c3ccccc3-4)cc2)cc(N(c2ccc(-c3ccc4c(c3)CC4)cc2)c2ccc(-c3ccc4c(c3)C3(c5ccccc5-c5ccccc53)c3ccccc3-4)cc2)c1. The van der Waals surface area contributed by atoms with Crippen LogP contribution in [0.25, 0.3) is 89.0 Å². The van der Waals surface area contributed by atoms with Crippen molar-refractivity contribution in [2.75, 3.05) is 9.80 Å². The van der Waals surface area contributed by atoms with Crippen molar-refractivity contribution in [1.82, 2.24) is 0 Å². The van der Waals surface area contributed by atoms with Gasteiger partial charge in [0.05, 0.1) is 10.8 Å². The average molecular weight is 1250 g/mol. The zero-order chi connectivity index (χ0) is 64.2. The lowest BCUT2D eigenvalue weighted by Crippen LogP contribution is -2.25. The van der Waals surface area contributed by atoms with Gasteiger partial charge in [0, 0.05) is 34.1 Å². The number of aryl methyl sites for hydroxylation is 4. The summed E-state index contributed by atoms with van der Waals surface area (Å²) in [6.07, 6.45) is 4.65. The Morgan fingerprint density at radius 2 is 0.408 bits per heavy atom. The number of benzene rings is 15. The van der Waals surface area contributed by atoms with Gasteiger partial charge in [-0.05, 0) is 260 Å². The number of hydrogen-bond acceptors (Lipinski definition) is 2. The molecule has 0 saturated carbocycles. The fourth-order valence-corrected chi connectivity index (χ4v) is 18.2. The van der Waals surface area contributed by atoms with E-state index in [9.17, 15) is 0 Å². The fraction of sp³-hybridized carbons (Fsp3) is 0.0625. The molecule has 0 heterocycles. The summed E-state index contributed by atoms with van der Waals surface area (Å²) in [6, 6.07) is 129. The van der Waals surface area contributed by atoms with Crippen LogP contribution in [-0.4, -0.2) is 0 Å². The molecule has 0 unspecified atom stereocenters. The van der Waals surface area contributed by atoms with Crippen LogP contribution in [0.15, 0.2) is 340 Å². The van der Waals surface area contributed by atoms with Crippen molar-refractivity contribution in [1.29, 1.82) is 0 Å². The lowest BCUT2D eigenvalue weighted by atomic mass is 9.70. The van der Waals surface area contributed by atoms with E-state index in [0.29, 0.717) is 0 Å². The van der Waals surface area contributed by atoms with Crippen molar-refractivity contribution in [3.63, 3.8) is 0 Å². The lowest BCUT2D eigenvalue weighted by Gasteiger charge is -2.31. The van der Waals surface area contributed by atoms with Crippen molar-refractivity contribution >= 4 is 34.1 Å². The van der Waals surface area contributed by atoms with Crippen molar-refractivity contribution in [3.8, 4) is 89.0 Å². The van der Waals surface area contributed by atoms with Gasteiger partial charge in [0.25, 0.3) is 0 Å². The van der Waals surface area contributed by atoms with Crippen molar-refractivity contribution in [3.05, 3.63) is 406 Å². The van der Waals surface area contributed by atoms with Gasteiger partial charge in [-0.1, -0.05) is 261 Å². The summed E-state index contributed by atoms with van der Waals surface area (Å²) in [6.45, 7) is 0. The summed E-state index contributed by atoms with van der Waals surface area (Å²) in [5.41, 5.74) is 42.5. The van der Waals surface area contributed by atoms with Crippen LogP contribution in [0.3, 0.4) is 0 Å². The third-order valence-electron chi connectivity index (χ3n) is 22.9. The van der Waals surface area contributed by atoms with Crippen LogP contribution in [0.5, 0.6) is 0 Å². The average Bonchev–Trinajstić information content (AvgIpc) is 1.52. The molecule has 0 radical (unpaired) electrons. The molecule has 6 aliphatic rings. The van der Waals surface area contributed by atoms with E-state index in [1.165, 1.54) is 169 Å². The standard InChI is InChI=1S/C96H64N2/c1-7-22-87-79(16-1)80-17-2-8-23-88(80)95(87)91-26-11-5-20-83(91)85-54-44-71(58-93(85)95)65-40-50-75(51-41-65)97(73-46-36-63(37-47-73)69-34-30-61-28-32-67(61)56-69)77-14-13-15-78(60-77)98(74-48-38-64(39-49-74)70-35-31-62-29-33-68(62)57-70)76-52-42-66(43-53-76)72-45-55-86-84-21-6-12-27-92(84)96(94(86)59-72)89-24-9-3-18-81(89)82-19-4-10-25-90(82)96/h1-27,30-31,34-60H,28-29,32-33H2. The highest BCUT2D eigenvalue weighted by Crippen LogP contribution is 2.65. The van der Waals surface area contributed by atoms with Crippen LogP contribution in [0.2, 0.25) is 0 Å². The second-order valence-electron chi connectivity index (χ2n) is 27.6. The Balaban J connectivity index is 0.680. The van der Waals surface area contributed by atoms with Gasteiger partial charge in [-0.2, -0.15) is 0 Å². The predicted molar refractivity (Wildman–Crippen MR) is 405 cm³/mol. The maximum atomic E-state index is 2.49. The van der Waals surface area contributed by atoms with Crippen LogP contribution in [0.4, 0.5) is 34.1 Å². The monoisotopic (exact) mass is 1240 g/mol. The molecule has 0 bridgehead atoms. The first-order chi connectivity index (χ1) is 48.5. The molecule has 2 heteroatoms. The second-order valence-corrected chi connectivity index (χ2v) is 27.6. The molecule has 2 nitrogen and oxygen atoms in total. The summed E-state index contributed by atoms with van der Waals surface area (Å²) in [7, 11) is 0. The first kappa shape index (κ1) is 55.2. The van der Waals surface area contributed by atoms with Gasteiger partial charge in [0.1, 0.15) is 0 Å². The third kappa shape index (κ3) is 7.92. The molecule has 15 aromatic carbocycles. The summed E-state index contributed by atoms with van der Waals surface area (Å²) in [5, 5.41) is 0. The van der Waals surface area contributed by atoms with Crippen LogP contribution in [0, 0.1) is 0 Å². The number of nitrogens with zero attached hydrogens (tertiary/aromatic N) is 2. The maximum Gasteiger partial charge on any atom is 0.0725 e. The molecule has 0 saturated heterocycles. The van der Waals surface area contributed by atoms with Crippen LogP contribution < -0.4 is 9.80 Å². The van der Waals surface area contributed by atoms with Gasteiger partial charge in [-0.15, -0.1) is 0 Å². The fourth-order valence-electron chi connectivity index (χ4n) is 18.2. The van der Waals surface area contributed by atoms with Crippen molar-refractivity contribution in [2.24, 2.45) is 0 Å². The minimum absolute atomic E-state index is 0.416. The predicted octanol–water partition coefficient (Wildman–Crippen LogP) is 24.2. The molecule has 2 spiro atoms. The lowest BCUT2D eigenvalue weighted by molar-refractivity contribution is 0.794. The molecule has 0 fully saturated rings. The molecule has 0 N–H and O–H groups in total. The zero-order valence-corrected chi connectivity index (χ0v) is 54.1. The number of hydrogen-bond donors (Lipinski definition) is 0. The normalized spacial score (nSPS) is 14.1. The molecule has 98 heavy (non-hydrogen) atoms. The molecule has 0 aromatic heterocycles. The van der Waals surface area contributed by atoms with E-state index in [0.717, 1.165) is 47.0 Å². The summed E-state index contributed by atoms with van der Waals surface area (Å²) < 4.78 is 0. The Morgan fingerprint density at radius 3 is 0.684 bits per heavy atom. The van der Waals surface area contributed by atoms with E-state index in [4.69, 9.17) is 0 Å². The molecule has 6 aliphatic carbocycles. The molecule has 0 atom stereocenters. The summed E-state index contributed by atoms with van der Waals surface area (Å²) >= 11 is 0. The maximum absolute atomic E-state index is 2.49. The van der Waals surface area contributed by atoms with Gasteiger partial charge in [0.15, 0.2) is 0 Å². The third-order valence-corrected chi connectivity index (χ3v) is 22.9. The highest BCUT2D eigenvalue weighted by molar-refractivity contribution is 5.98. The largest absolute Gasteiger partial charge is 0.310 e. The van der Waals surface area contributed by atoms with E-state index in [2.05, 4.69) is 350 Å². The Hall–Kier alpha value is -12.1. The zero-order valence-electron chi connectivity index (χ0n) is 54.1. The molecule has 458 valence electrons. The van der Waals surface area contributed by atoms with Crippen molar-refractivity contribution < 1.29 is 0 Å². The first-order valence-corrected chi connectivity index (χ1v) is 34.8. The first-order valence-electron chi connectivity index (χ1n) is 34.8. The van der Waals surface area contributed by atoms with Gasteiger partial charge in [0.2, 0.25) is 0 Å². The van der Waals surface area contributed by atoms with Gasteiger partial charge < -0.3 is 9.80 Å². The highest BCUT2D eigenvalue weighted by atomic mass is 15.2. The molecule has 0 amide bonds. The summed E-state index contributed by atoms with van der Waals surface area (Å²) in [4.78, 5) is 4.87. The number of fused-ring (bicyclic) bond motifs is 22. The van der Waals surface area contributed by atoms with Crippen LogP contribution >= 0.6 is 0 Å². The van der Waals surface area contributed by atoms with Crippen molar-refractivity contribution in [2.45, 2.75) is 36.5 Å². The van der Waals surface area contributed by atoms with E-state index < -0.39 is 10.8 Å². The minimum Gasteiger partial charge on any atom is -0.310 e. The minimum atomic E-state index is -0.416.